The highest BCUT2D eigenvalue weighted by molar-refractivity contribution is 7.87. The minimum absolute atomic E-state index is 0. The Kier molecular flexibility index (Phi) is 11.8. The molecule has 0 spiro atoms. The van der Waals surface area contributed by atoms with Crippen LogP contribution in [0.4, 0.5) is 0 Å². The quantitative estimate of drug-likeness (QED) is 0.371. The molecule has 2 aromatic rings. The first-order valence-electron chi connectivity index (χ1n) is 5.94. The lowest BCUT2D eigenvalue weighted by molar-refractivity contribution is 0.475. The van der Waals surface area contributed by atoms with Crippen molar-refractivity contribution in [1.82, 2.24) is 0 Å². The van der Waals surface area contributed by atoms with Gasteiger partial charge in [0.1, 0.15) is 9.79 Å². The van der Waals surface area contributed by atoms with Crippen LogP contribution >= 0.6 is 49.6 Å². The number of rotatable bonds is 4. The lowest BCUT2D eigenvalue weighted by Crippen LogP contribution is -2.09. The molecule has 0 saturated heterocycles. The second-order valence-corrected chi connectivity index (χ2v) is 10.5. The summed E-state index contributed by atoms with van der Waals surface area (Å²) in [5.41, 5.74) is 0. The van der Waals surface area contributed by atoms with E-state index in [1.807, 2.05) is 0 Å². The topological polar surface area (TPSA) is 217 Å². The van der Waals surface area contributed by atoms with Gasteiger partial charge in [-0.05, 0) is 24.3 Å². The minimum Gasteiger partial charge on any atom is -0.282 e. The van der Waals surface area contributed by atoms with Gasteiger partial charge in [0, 0.05) is 10.8 Å². The molecule has 0 atom stereocenters. The fourth-order valence-corrected chi connectivity index (χ4v) is 4.73. The SMILES string of the molecule is Cl.Cl.Cl.Cl.O=S(=O)(O)c1cc(S(=O)(=O)O)c2cc(S(=O)(=O)O)cc(S(=O)(=O)O)c2c1. The van der Waals surface area contributed by atoms with Crippen molar-refractivity contribution in [2.24, 2.45) is 0 Å². The molecule has 176 valence electrons. The standard InChI is InChI=1S/C10H8O12S4.4ClH/c11-23(12,13)5-1-7-8(10(3-5)26(20,21)22)2-6(24(14,15)16)4-9(7)25(17,18)19;;;;/h1-4H,(H,11,12,13)(H,14,15,16)(H,17,18,19)(H,20,21,22);4*1H. The minimum atomic E-state index is -5.27. The highest BCUT2D eigenvalue weighted by Gasteiger charge is 2.27. The first-order chi connectivity index (χ1) is 11.4. The Morgan fingerprint density at radius 1 is 0.433 bits per heavy atom. The first-order valence-corrected chi connectivity index (χ1v) is 11.7. The molecule has 20 heteroatoms. The molecule has 0 aromatic heterocycles. The Hall–Kier alpha value is -0.500. The zero-order valence-electron chi connectivity index (χ0n) is 13.6. The number of benzene rings is 2. The highest BCUT2D eigenvalue weighted by Crippen LogP contribution is 2.34. The maximum atomic E-state index is 11.5. The maximum Gasteiger partial charge on any atom is 0.295 e. The predicted molar refractivity (Wildman–Crippen MR) is 112 cm³/mol. The van der Waals surface area contributed by atoms with E-state index in [1.165, 1.54) is 0 Å². The molecule has 0 unspecified atom stereocenters. The molecule has 30 heavy (non-hydrogen) atoms. The van der Waals surface area contributed by atoms with Gasteiger partial charge < -0.3 is 0 Å². The van der Waals surface area contributed by atoms with Crippen molar-refractivity contribution in [1.29, 1.82) is 0 Å². The zero-order chi connectivity index (χ0) is 20.3. The number of hydrogen-bond acceptors (Lipinski definition) is 8. The molecule has 2 rings (SSSR count). The summed E-state index contributed by atoms with van der Waals surface area (Å²) in [7, 11) is -20.7. The molecule has 2 aromatic carbocycles. The molecule has 0 aliphatic carbocycles. The monoisotopic (exact) mass is 592 g/mol. The third kappa shape index (κ3) is 7.28. The van der Waals surface area contributed by atoms with Gasteiger partial charge in [0.25, 0.3) is 40.5 Å². The summed E-state index contributed by atoms with van der Waals surface area (Å²) in [5, 5.41) is -1.72. The van der Waals surface area contributed by atoms with Crippen LogP contribution in [0.2, 0.25) is 0 Å². The molecule has 0 radical (unpaired) electrons. The predicted octanol–water partition coefficient (Wildman–Crippen LogP) is 1.51. The van der Waals surface area contributed by atoms with Crippen LogP contribution in [0.15, 0.2) is 43.8 Å². The third-order valence-corrected chi connectivity index (χ3v) is 6.54. The summed E-state index contributed by atoms with van der Waals surface area (Å²) in [6.07, 6.45) is 0. The number of fused-ring (bicyclic) bond motifs is 1. The van der Waals surface area contributed by atoms with Crippen molar-refractivity contribution in [3.05, 3.63) is 24.3 Å². The van der Waals surface area contributed by atoms with Crippen LogP contribution in [0.5, 0.6) is 0 Å². The molecule has 0 fully saturated rings. The number of halogens is 4. The van der Waals surface area contributed by atoms with Crippen molar-refractivity contribution in [3.63, 3.8) is 0 Å². The van der Waals surface area contributed by atoms with Crippen LogP contribution in [-0.4, -0.2) is 51.9 Å². The molecule has 4 N–H and O–H groups in total. The lowest BCUT2D eigenvalue weighted by atomic mass is 10.1. The average Bonchev–Trinajstić information content (AvgIpc) is 2.40. The van der Waals surface area contributed by atoms with Crippen molar-refractivity contribution >= 4 is 101 Å². The maximum absolute atomic E-state index is 11.5. The lowest BCUT2D eigenvalue weighted by Gasteiger charge is -2.11. The Morgan fingerprint density at radius 2 is 0.667 bits per heavy atom. The van der Waals surface area contributed by atoms with Crippen molar-refractivity contribution < 1.29 is 51.9 Å². The average molecular weight is 594 g/mol. The summed E-state index contributed by atoms with van der Waals surface area (Å²) >= 11 is 0. The summed E-state index contributed by atoms with van der Waals surface area (Å²) < 4.78 is 128. The normalized spacial score (nSPS) is 12.0. The first kappa shape index (κ1) is 34.1. The zero-order valence-corrected chi connectivity index (χ0v) is 20.2. The largest absolute Gasteiger partial charge is 0.295 e. The van der Waals surface area contributed by atoms with Crippen LogP contribution < -0.4 is 0 Å². The van der Waals surface area contributed by atoms with E-state index < -0.39 is 70.8 Å². The van der Waals surface area contributed by atoms with E-state index in [0.717, 1.165) is 0 Å². The molecule has 12 nitrogen and oxygen atoms in total. The number of hydrogen-bond donors (Lipinski definition) is 4. The van der Waals surface area contributed by atoms with Crippen molar-refractivity contribution in [2.45, 2.75) is 19.6 Å². The molecular formula is C10H12Cl4O12S4. The molecule has 0 heterocycles. The van der Waals surface area contributed by atoms with E-state index in [2.05, 4.69) is 0 Å². The molecule has 0 bridgehead atoms. The summed E-state index contributed by atoms with van der Waals surface area (Å²) in [5.74, 6) is 0. The molecule has 0 aliphatic rings. The van der Waals surface area contributed by atoms with E-state index in [1.54, 1.807) is 0 Å². The summed E-state index contributed by atoms with van der Waals surface area (Å²) in [6.45, 7) is 0. The third-order valence-electron chi connectivity index (χ3n) is 3.09. The second kappa shape index (κ2) is 10.4. The van der Waals surface area contributed by atoms with Gasteiger partial charge in [0.15, 0.2) is 0 Å². The smallest absolute Gasteiger partial charge is 0.282 e. The van der Waals surface area contributed by atoms with Gasteiger partial charge in [0.05, 0.1) is 9.79 Å². The van der Waals surface area contributed by atoms with Gasteiger partial charge in [-0.2, -0.15) is 33.7 Å². The van der Waals surface area contributed by atoms with E-state index in [4.69, 9.17) is 9.11 Å². The molecule has 0 aliphatic heterocycles. The van der Waals surface area contributed by atoms with Crippen LogP contribution in [-0.2, 0) is 40.5 Å². The summed E-state index contributed by atoms with van der Waals surface area (Å²) in [6, 6.07) is 1.32. The van der Waals surface area contributed by atoms with Crippen LogP contribution in [0.1, 0.15) is 0 Å². The van der Waals surface area contributed by atoms with Gasteiger partial charge in [-0.1, -0.05) is 0 Å². The Labute approximate surface area is 195 Å². The van der Waals surface area contributed by atoms with E-state index in [9.17, 15) is 42.8 Å². The van der Waals surface area contributed by atoms with Crippen LogP contribution in [0, 0.1) is 0 Å². The van der Waals surface area contributed by atoms with E-state index >= 15 is 0 Å². The highest BCUT2D eigenvalue weighted by atomic mass is 35.5. The van der Waals surface area contributed by atoms with E-state index in [0.29, 0.717) is 12.1 Å². The van der Waals surface area contributed by atoms with E-state index in [-0.39, 0.29) is 61.8 Å². The van der Waals surface area contributed by atoms with Gasteiger partial charge >= 0.3 is 0 Å². The summed E-state index contributed by atoms with van der Waals surface area (Å²) in [4.78, 5) is -4.92. The second-order valence-electron chi connectivity index (χ2n) is 4.84. The Balaban J connectivity index is -0.00000182. The van der Waals surface area contributed by atoms with Gasteiger partial charge in [-0.3, -0.25) is 18.2 Å². The van der Waals surface area contributed by atoms with Gasteiger partial charge in [-0.15, -0.1) is 49.6 Å². The molecule has 0 saturated carbocycles. The van der Waals surface area contributed by atoms with Gasteiger partial charge in [0.2, 0.25) is 0 Å². The van der Waals surface area contributed by atoms with Crippen LogP contribution in [0.25, 0.3) is 10.8 Å². The van der Waals surface area contributed by atoms with Crippen LogP contribution in [0.3, 0.4) is 0 Å². The fraction of sp³-hybridized carbons (Fsp3) is 0. The Bertz CT molecular complexity index is 1260. The fourth-order valence-electron chi connectivity index (χ4n) is 2.07. The van der Waals surface area contributed by atoms with Crippen molar-refractivity contribution in [2.75, 3.05) is 0 Å². The molecular weight excluding hydrogens is 582 g/mol. The Morgan fingerprint density at radius 3 is 0.833 bits per heavy atom. The molecule has 0 amide bonds. The van der Waals surface area contributed by atoms with Gasteiger partial charge in [-0.25, -0.2) is 0 Å². The van der Waals surface area contributed by atoms with Crippen molar-refractivity contribution in [3.8, 4) is 0 Å².